The third-order valence-corrected chi connectivity index (χ3v) is 4.95. The van der Waals surface area contributed by atoms with Crippen LogP contribution in [0.3, 0.4) is 0 Å². The Morgan fingerprint density at radius 2 is 2.00 bits per heavy atom. The Morgan fingerprint density at radius 1 is 1.36 bits per heavy atom. The summed E-state index contributed by atoms with van der Waals surface area (Å²) in [6.45, 7) is 4.71. The first-order valence-electron chi connectivity index (χ1n) is 7.31. The zero-order valence-electron chi connectivity index (χ0n) is 13.5. The van der Waals surface area contributed by atoms with Crippen LogP contribution in [0.25, 0.3) is 0 Å². The predicted octanol–water partition coefficient (Wildman–Crippen LogP) is 0.591. The van der Waals surface area contributed by atoms with E-state index in [0.29, 0.717) is 13.1 Å². The lowest BCUT2D eigenvalue weighted by Gasteiger charge is -2.34. The number of nitrogens with zero attached hydrogens (tertiary/aromatic N) is 3. The van der Waals surface area contributed by atoms with E-state index in [1.165, 1.54) is 4.31 Å². The molecular formula is C14H24N4O3S. The van der Waals surface area contributed by atoms with Crippen molar-refractivity contribution < 1.29 is 13.2 Å². The van der Waals surface area contributed by atoms with Crippen molar-refractivity contribution in [3.63, 3.8) is 0 Å². The molecule has 1 fully saturated rings. The molecule has 0 saturated carbocycles. The molecule has 1 aliphatic rings. The lowest BCUT2D eigenvalue weighted by Crippen LogP contribution is -2.51. The van der Waals surface area contributed by atoms with E-state index in [2.05, 4.69) is 9.71 Å². The third kappa shape index (κ3) is 4.16. The Morgan fingerprint density at radius 3 is 2.59 bits per heavy atom. The largest absolute Gasteiger partial charge is 0.373 e. The minimum Gasteiger partial charge on any atom is -0.373 e. The molecule has 0 aliphatic carbocycles. The van der Waals surface area contributed by atoms with Gasteiger partial charge in [-0.25, -0.2) is 4.98 Å². The van der Waals surface area contributed by atoms with Crippen LogP contribution in [0.4, 0.5) is 5.82 Å². The van der Waals surface area contributed by atoms with Gasteiger partial charge in [0.2, 0.25) is 0 Å². The molecule has 0 spiro atoms. The maximum atomic E-state index is 12.5. The summed E-state index contributed by atoms with van der Waals surface area (Å²) in [6.07, 6.45) is 1.49. The number of morpholine rings is 1. The van der Waals surface area contributed by atoms with Gasteiger partial charge in [0.25, 0.3) is 10.2 Å². The summed E-state index contributed by atoms with van der Waals surface area (Å²) in [7, 11) is 0.228. The van der Waals surface area contributed by atoms with Gasteiger partial charge in [-0.2, -0.15) is 17.4 Å². The summed E-state index contributed by atoms with van der Waals surface area (Å²) in [5, 5.41) is 0. The van der Waals surface area contributed by atoms with Gasteiger partial charge in [-0.1, -0.05) is 6.07 Å². The molecule has 1 aliphatic heterocycles. The zero-order chi connectivity index (χ0) is 16.3. The number of anilines is 1. The van der Waals surface area contributed by atoms with Crippen LogP contribution in [0, 0.1) is 0 Å². The molecule has 8 heteroatoms. The molecule has 1 aromatic rings. The first-order valence-corrected chi connectivity index (χ1v) is 8.75. The molecule has 2 rings (SSSR count). The highest BCUT2D eigenvalue weighted by molar-refractivity contribution is 7.87. The molecule has 22 heavy (non-hydrogen) atoms. The van der Waals surface area contributed by atoms with Crippen molar-refractivity contribution in [2.45, 2.75) is 32.6 Å². The fourth-order valence-corrected chi connectivity index (χ4v) is 3.89. The molecule has 7 nitrogen and oxygen atoms in total. The Hall–Kier alpha value is -1.22. The summed E-state index contributed by atoms with van der Waals surface area (Å²) in [5.41, 5.74) is 0.838. The highest BCUT2D eigenvalue weighted by atomic mass is 32.2. The Kier molecular flexibility index (Phi) is 5.38. The lowest BCUT2D eigenvalue weighted by atomic mass is 10.2. The average Bonchev–Trinajstić information content (AvgIpc) is 2.44. The first-order chi connectivity index (χ1) is 10.3. The van der Waals surface area contributed by atoms with E-state index in [1.54, 1.807) is 12.3 Å². The second kappa shape index (κ2) is 6.91. The van der Waals surface area contributed by atoms with Gasteiger partial charge in [0.05, 0.1) is 12.2 Å². The summed E-state index contributed by atoms with van der Waals surface area (Å²) < 4.78 is 34.6. The fourth-order valence-electron chi connectivity index (χ4n) is 2.56. The number of rotatable bonds is 5. The van der Waals surface area contributed by atoms with Crippen LogP contribution in [0.2, 0.25) is 0 Å². The summed E-state index contributed by atoms with van der Waals surface area (Å²) in [4.78, 5) is 6.14. The molecule has 2 heterocycles. The number of pyridine rings is 1. The van der Waals surface area contributed by atoms with Crippen LogP contribution in [-0.2, 0) is 21.5 Å². The summed E-state index contributed by atoms with van der Waals surface area (Å²) in [6, 6.07) is 3.67. The van der Waals surface area contributed by atoms with Crippen molar-refractivity contribution in [1.82, 2.24) is 14.0 Å². The fraction of sp³-hybridized carbons (Fsp3) is 0.643. The van der Waals surface area contributed by atoms with E-state index < -0.39 is 10.2 Å². The minimum atomic E-state index is -3.53. The molecule has 1 N–H and O–H groups in total. The topological polar surface area (TPSA) is 74.8 Å². The molecular weight excluding hydrogens is 304 g/mol. The first kappa shape index (κ1) is 17.1. The van der Waals surface area contributed by atoms with Crippen molar-refractivity contribution >= 4 is 16.0 Å². The van der Waals surface area contributed by atoms with Crippen LogP contribution < -0.4 is 9.62 Å². The van der Waals surface area contributed by atoms with Crippen LogP contribution in [0.15, 0.2) is 18.3 Å². The van der Waals surface area contributed by atoms with Gasteiger partial charge < -0.3 is 9.64 Å². The number of hydrogen-bond donors (Lipinski definition) is 1. The quantitative estimate of drug-likeness (QED) is 0.856. The van der Waals surface area contributed by atoms with Crippen LogP contribution in [0.5, 0.6) is 0 Å². The second-order valence-corrected chi connectivity index (χ2v) is 7.54. The van der Waals surface area contributed by atoms with Crippen molar-refractivity contribution in [3.8, 4) is 0 Å². The average molecular weight is 328 g/mol. The number of nitrogens with one attached hydrogen (secondary N) is 1. The van der Waals surface area contributed by atoms with E-state index in [0.717, 1.165) is 11.4 Å². The Labute approximate surface area is 132 Å². The van der Waals surface area contributed by atoms with Crippen LogP contribution in [-0.4, -0.2) is 57.1 Å². The van der Waals surface area contributed by atoms with E-state index in [1.807, 2.05) is 38.9 Å². The van der Waals surface area contributed by atoms with Gasteiger partial charge in [0.1, 0.15) is 5.82 Å². The van der Waals surface area contributed by atoms with E-state index in [9.17, 15) is 8.42 Å². The molecule has 2 unspecified atom stereocenters. The minimum absolute atomic E-state index is 0.101. The molecule has 0 amide bonds. The maximum Gasteiger partial charge on any atom is 0.279 e. The Balaban J connectivity index is 2.07. The predicted molar refractivity (Wildman–Crippen MR) is 85.9 cm³/mol. The molecule has 0 aromatic carbocycles. The van der Waals surface area contributed by atoms with E-state index >= 15 is 0 Å². The Bertz CT molecular complexity index is 596. The molecule has 2 atom stereocenters. The van der Waals surface area contributed by atoms with Crippen LogP contribution in [0.1, 0.15) is 19.4 Å². The third-order valence-electron chi connectivity index (χ3n) is 3.46. The highest BCUT2D eigenvalue weighted by Crippen LogP contribution is 2.16. The summed E-state index contributed by atoms with van der Waals surface area (Å²) >= 11 is 0. The molecule has 124 valence electrons. The number of aromatic nitrogens is 1. The summed E-state index contributed by atoms with van der Waals surface area (Å²) in [5.74, 6) is 0.758. The molecule has 1 aromatic heterocycles. The van der Waals surface area contributed by atoms with Gasteiger partial charge in [-0.05, 0) is 19.9 Å². The van der Waals surface area contributed by atoms with E-state index in [4.69, 9.17) is 4.74 Å². The van der Waals surface area contributed by atoms with Crippen molar-refractivity contribution in [1.29, 1.82) is 0 Å². The standard InChI is InChI=1S/C14H24N4O3S/c1-11-9-18(10-12(2)21-11)22(19,20)16-8-13-6-5-7-15-14(13)17(3)4/h5-7,11-12,16H,8-10H2,1-4H3. The number of hydrogen-bond acceptors (Lipinski definition) is 5. The van der Waals surface area contributed by atoms with Gasteiger partial charge >= 0.3 is 0 Å². The second-order valence-electron chi connectivity index (χ2n) is 5.78. The van der Waals surface area contributed by atoms with Crippen molar-refractivity contribution in [3.05, 3.63) is 23.9 Å². The van der Waals surface area contributed by atoms with Crippen LogP contribution >= 0.6 is 0 Å². The highest BCUT2D eigenvalue weighted by Gasteiger charge is 2.30. The lowest BCUT2D eigenvalue weighted by molar-refractivity contribution is -0.0444. The SMILES string of the molecule is CC1CN(S(=O)(=O)NCc2cccnc2N(C)C)CC(C)O1. The molecule has 0 radical (unpaired) electrons. The van der Waals surface area contributed by atoms with Gasteiger partial charge in [-0.15, -0.1) is 0 Å². The monoisotopic (exact) mass is 328 g/mol. The van der Waals surface area contributed by atoms with Gasteiger partial charge in [0.15, 0.2) is 0 Å². The van der Waals surface area contributed by atoms with Crippen molar-refractivity contribution in [2.75, 3.05) is 32.1 Å². The molecule has 0 bridgehead atoms. The van der Waals surface area contributed by atoms with Gasteiger partial charge in [0, 0.05) is 45.5 Å². The zero-order valence-corrected chi connectivity index (χ0v) is 14.3. The van der Waals surface area contributed by atoms with Crippen molar-refractivity contribution in [2.24, 2.45) is 0 Å². The maximum absolute atomic E-state index is 12.5. The smallest absolute Gasteiger partial charge is 0.279 e. The normalized spacial score (nSPS) is 23.5. The van der Waals surface area contributed by atoms with Gasteiger partial charge in [-0.3, -0.25) is 0 Å². The van der Waals surface area contributed by atoms with E-state index in [-0.39, 0.29) is 18.8 Å². The number of ether oxygens (including phenoxy) is 1. The molecule has 1 saturated heterocycles.